The summed E-state index contributed by atoms with van der Waals surface area (Å²) in [6, 6.07) is 8.05. The molecule has 2 heteroatoms. The largest absolute Gasteiger partial charge is 0.385 e. The lowest BCUT2D eigenvalue weighted by atomic mass is 9.90. The smallest absolute Gasteiger partial charge is 0.0994 e. The Kier molecular flexibility index (Phi) is 3.95. The summed E-state index contributed by atoms with van der Waals surface area (Å²) in [5.74, 6) is 0. The molecule has 0 aliphatic heterocycles. The lowest BCUT2D eigenvalue weighted by Gasteiger charge is -2.23. The molecule has 2 nitrogen and oxygen atoms in total. The summed E-state index contributed by atoms with van der Waals surface area (Å²) in [5.41, 5.74) is 3.18. The maximum atomic E-state index is 8.84. The predicted octanol–water partition coefficient (Wildman–Crippen LogP) is 3.71. The molecule has 0 unspecified atom stereocenters. The van der Waals surface area contributed by atoms with Gasteiger partial charge in [-0.05, 0) is 42.5 Å². The monoisotopic (exact) mass is 216 g/mol. The number of hydrogen-bond donors (Lipinski definition) is 1. The van der Waals surface area contributed by atoms with Gasteiger partial charge in [-0.25, -0.2) is 0 Å². The summed E-state index contributed by atoms with van der Waals surface area (Å²) in [6.45, 7) is 9.61. The number of rotatable bonds is 4. The van der Waals surface area contributed by atoms with Crippen molar-refractivity contribution in [3.63, 3.8) is 0 Å². The summed E-state index contributed by atoms with van der Waals surface area (Å²) >= 11 is 0. The average molecular weight is 216 g/mol. The van der Waals surface area contributed by atoms with E-state index in [1.54, 1.807) is 0 Å². The molecule has 0 aliphatic carbocycles. The van der Waals surface area contributed by atoms with Gasteiger partial charge in [-0.15, -0.1) is 0 Å². The highest BCUT2D eigenvalue weighted by Gasteiger charge is 2.14. The van der Waals surface area contributed by atoms with E-state index in [0.717, 1.165) is 29.8 Å². The highest BCUT2D eigenvalue weighted by molar-refractivity contribution is 5.51. The maximum absolute atomic E-state index is 8.84. The predicted molar refractivity (Wildman–Crippen MR) is 68.5 cm³/mol. The van der Waals surface area contributed by atoms with Crippen molar-refractivity contribution in [1.82, 2.24) is 0 Å². The third-order valence-electron chi connectivity index (χ3n) is 3.08. The average Bonchev–Trinajstić information content (AvgIpc) is 2.27. The zero-order valence-corrected chi connectivity index (χ0v) is 10.6. The normalized spacial score (nSPS) is 10.9. The van der Waals surface area contributed by atoms with Crippen LogP contribution in [0, 0.1) is 23.7 Å². The van der Waals surface area contributed by atoms with Crippen molar-refractivity contribution < 1.29 is 0 Å². The minimum atomic E-state index is 0.307. The fourth-order valence-corrected chi connectivity index (χ4v) is 1.37. The molecule has 0 amide bonds. The van der Waals surface area contributed by atoms with Crippen molar-refractivity contribution in [1.29, 1.82) is 5.26 Å². The molecule has 86 valence electrons. The summed E-state index contributed by atoms with van der Waals surface area (Å²) in [4.78, 5) is 0. The van der Waals surface area contributed by atoms with Gasteiger partial charge in [-0.1, -0.05) is 20.8 Å². The standard InChI is InChI=1S/C14H20N2/c1-5-14(3,4)10-16-13-7-6-12(9-15)11(2)8-13/h6-8,16H,5,10H2,1-4H3. The van der Waals surface area contributed by atoms with Crippen molar-refractivity contribution >= 4 is 5.69 Å². The lowest BCUT2D eigenvalue weighted by Crippen LogP contribution is -2.21. The van der Waals surface area contributed by atoms with E-state index in [1.807, 2.05) is 25.1 Å². The Morgan fingerprint density at radius 2 is 2.06 bits per heavy atom. The van der Waals surface area contributed by atoms with Crippen LogP contribution in [0.5, 0.6) is 0 Å². The molecule has 0 radical (unpaired) electrons. The first-order valence-corrected chi connectivity index (χ1v) is 5.73. The molecular formula is C14H20N2. The highest BCUT2D eigenvalue weighted by atomic mass is 14.9. The molecule has 0 heterocycles. The van der Waals surface area contributed by atoms with Gasteiger partial charge in [0.05, 0.1) is 11.6 Å². The summed E-state index contributed by atoms with van der Waals surface area (Å²) in [6.07, 6.45) is 1.15. The van der Waals surface area contributed by atoms with Crippen molar-refractivity contribution in [2.24, 2.45) is 5.41 Å². The first-order chi connectivity index (χ1) is 7.48. The second kappa shape index (κ2) is 5.03. The summed E-state index contributed by atoms with van der Waals surface area (Å²) in [5, 5.41) is 12.3. The second-order valence-corrected chi connectivity index (χ2v) is 5.01. The number of aryl methyl sites for hydroxylation is 1. The molecule has 1 rings (SSSR count). The lowest BCUT2D eigenvalue weighted by molar-refractivity contribution is 0.377. The molecule has 16 heavy (non-hydrogen) atoms. The molecule has 0 spiro atoms. The maximum Gasteiger partial charge on any atom is 0.0994 e. The van der Waals surface area contributed by atoms with Crippen LogP contribution in [0.4, 0.5) is 5.69 Å². The zero-order valence-electron chi connectivity index (χ0n) is 10.6. The van der Waals surface area contributed by atoms with Crippen LogP contribution in [0.1, 0.15) is 38.3 Å². The zero-order chi connectivity index (χ0) is 12.2. The SMILES string of the molecule is CCC(C)(C)CNc1ccc(C#N)c(C)c1. The molecule has 0 fully saturated rings. The Bertz CT molecular complexity index is 400. The number of benzene rings is 1. The van der Waals surface area contributed by atoms with Crippen molar-refractivity contribution in [3.8, 4) is 6.07 Å². The van der Waals surface area contributed by atoms with E-state index in [2.05, 4.69) is 32.2 Å². The number of hydrogen-bond acceptors (Lipinski definition) is 2. The van der Waals surface area contributed by atoms with Crippen molar-refractivity contribution in [3.05, 3.63) is 29.3 Å². The first kappa shape index (κ1) is 12.6. The van der Waals surface area contributed by atoms with Gasteiger partial charge >= 0.3 is 0 Å². The second-order valence-electron chi connectivity index (χ2n) is 5.01. The van der Waals surface area contributed by atoms with E-state index >= 15 is 0 Å². The van der Waals surface area contributed by atoms with E-state index in [9.17, 15) is 0 Å². The van der Waals surface area contributed by atoms with Gasteiger partial charge in [-0.3, -0.25) is 0 Å². The minimum Gasteiger partial charge on any atom is -0.385 e. The third-order valence-corrected chi connectivity index (χ3v) is 3.08. The van der Waals surface area contributed by atoms with Crippen LogP contribution in [0.3, 0.4) is 0 Å². The van der Waals surface area contributed by atoms with Crippen molar-refractivity contribution in [2.45, 2.75) is 34.1 Å². The Hall–Kier alpha value is -1.49. The molecule has 0 aromatic heterocycles. The van der Waals surface area contributed by atoms with Crippen LogP contribution in [0.25, 0.3) is 0 Å². The number of nitrogens with one attached hydrogen (secondary N) is 1. The fourth-order valence-electron chi connectivity index (χ4n) is 1.37. The van der Waals surface area contributed by atoms with Crippen LogP contribution in [-0.4, -0.2) is 6.54 Å². The number of anilines is 1. The van der Waals surface area contributed by atoms with Gasteiger partial charge in [0.15, 0.2) is 0 Å². The molecule has 0 bridgehead atoms. The molecular weight excluding hydrogens is 196 g/mol. The molecule has 0 saturated heterocycles. The van der Waals surface area contributed by atoms with Crippen LogP contribution in [0.2, 0.25) is 0 Å². The Balaban J connectivity index is 2.70. The van der Waals surface area contributed by atoms with Gasteiger partial charge in [0, 0.05) is 12.2 Å². The van der Waals surface area contributed by atoms with Crippen LogP contribution in [-0.2, 0) is 0 Å². The van der Waals surface area contributed by atoms with Crippen LogP contribution in [0.15, 0.2) is 18.2 Å². The molecule has 1 aromatic rings. The molecule has 0 saturated carbocycles. The van der Waals surface area contributed by atoms with Gasteiger partial charge < -0.3 is 5.32 Å². The van der Waals surface area contributed by atoms with E-state index in [-0.39, 0.29) is 0 Å². The number of nitrogens with zero attached hydrogens (tertiary/aromatic N) is 1. The molecule has 1 aromatic carbocycles. The van der Waals surface area contributed by atoms with Gasteiger partial charge in [0.1, 0.15) is 0 Å². The number of nitriles is 1. The van der Waals surface area contributed by atoms with E-state index in [1.165, 1.54) is 0 Å². The van der Waals surface area contributed by atoms with Crippen molar-refractivity contribution in [2.75, 3.05) is 11.9 Å². The first-order valence-electron chi connectivity index (χ1n) is 5.73. The van der Waals surface area contributed by atoms with Gasteiger partial charge in [0.25, 0.3) is 0 Å². The molecule has 1 N–H and O–H groups in total. The third kappa shape index (κ3) is 3.27. The Morgan fingerprint density at radius 3 is 2.56 bits per heavy atom. The quantitative estimate of drug-likeness (QED) is 0.832. The molecule has 0 aliphatic rings. The van der Waals surface area contributed by atoms with Gasteiger partial charge in [0.2, 0.25) is 0 Å². The van der Waals surface area contributed by atoms with E-state index < -0.39 is 0 Å². The van der Waals surface area contributed by atoms with E-state index in [0.29, 0.717) is 5.41 Å². The Morgan fingerprint density at radius 1 is 1.38 bits per heavy atom. The Labute approximate surface area is 98.3 Å². The summed E-state index contributed by atoms with van der Waals surface area (Å²) < 4.78 is 0. The highest BCUT2D eigenvalue weighted by Crippen LogP contribution is 2.21. The van der Waals surface area contributed by atoms with Crippen LogP contribution >= 0.6 is 0 Å². The van der Waals surface area contributed by atoms with Crippen LogP contribution < -0.4 is 5.32 Å². The fraction of sp³-hybridized carbons (Fsp3) is 0.500. The van der Waals surface area contributed by atoms with E-state index in [4.69, 9.17) is 5.26 Å². The minimum absolute atomic E-state index is 0.307. The topological polar surface area (TPSA) is 35.8 Å². The molecule has 0 atom stereocenters. The summed E-state index contributed by atoms with van der Waals surface area (Å²) in [7, 11) is 0. The van der Waals surface area contributed by atoms with Gasteiger partial charge in [-0.2, -0.15) is 5.26 Å².